The van der Waals surface area contributed by atoms with Crippen molar-refractivity contribution in [2.75, 3.05) is 0 Å². The van der Waals surface area contributed by atoms with E-state index in [2.05, 4.69) is 53.1 Å². The highest BCUT2D eigenvalue weighted by Crippen LogP contribution is 2.66. The molecule has 0 heterocycles. The van der Waals surface area contributed by atoms with Crippen LogP contribution in [-0.4, -0.2) is 28.8 Å². The normalized spacial score (nSPS) is 48.0. The Morgan fingerprint density at radius 2 is 1.28 bits per heavy atom. The largest absolute Gasteiger partial charge is 0.415 e. The van der Waals surface area contributed by atoms with E-state index in [9.17, 15) is 0 Å². The first-order valence-corrected chi connectivity index (χ1v) is 19.5. The Kier molecular flexibility index (Phi) is 5.79. The molecule has 0 aromatic rings. The van der Waals surface area contributed by atoms with Crippen LogP contribution in [0.5, 0.6) is 0 Å². The molecule has 0 amide bonds. The third kappa shape index (κ3) is 4.21. The summed E-state index contributed by atoms with van der Waals surface area (Å²) < 4.78 is 13.3. The number of hydrogen-bond acceptors (Lipinski definition) is 2. The minimum atomic E-state index is -1.47. The van der Waals surface area contributed by atoms with Gasteiger partial charge >= 0.3 is 0 Å². The van der Waals surface area contributed by atoms with Gasteiger partial charge in [0.2, 0.25) is 0 Å². The summed E-state index contributed by atoms with van der Waals surface area (Å²) in [5.74, 6) is 3.73. The molecule has 29 heavy (non-hydrogen) atoms. The summed E-state index contributed by atoms with van der Waals surface area (Å²) in [6.45, 7) is 19.5. The number of fused-ring (bicyclic) bond motifs is 5. The quantitative estimate of drug-likeness (QED) is 0.425. The highest BCUT2D eigenvalue weighted by molar-refractivity contribution is 6.70. The van der Waals surface area contributed by atoms with Crippen molar-refractivity contribution in [3.05, 3.63) is 0 Å². The molecule has 4 aliphatic carbocycles. The summed E-state index contributed by atoms with van der Waals surface area (Å²) in [6.07, 6.45) is 13.7. The van der Waals surface area contributed by atoms with Crippen LogP contribution >= 0.6 is 0 Å². The maximum absolute atomic E-state index is 6.77. The lowest BCUT2D eigenvalue weighted by atomic mass is 9.45. The van der Waals surface area contributed by atoms with Crippen molar-refractivity contribution in [1.82, 2.24) is 0 Å². The summed E-state index contributed by atoms with van der Waals surface area (Å²) in [5.41, 5.74) is 1.02. The Morgan fingerprint density at radius 1 is 0.655 bits per heavy atom. The summed E-state index contributed by atoms with van der Waals surface area (Å²) >= 11 is 0. The molecule has 0 aliphatic heterocycles. The standard InChI is InChI=1S/C25H48O2Si2/c1-24-15-13-19(26-28(3,4)5)17-18(24)9-10-20-21-11-12-23(27-29(6,7)8)25(21,2)16-14-22(20)24/h18-23H,9-17H2,1-8H3/t18-,19+,20+,21+,22+,23+,24+,25+/m1/s1. The van der Waals surface area contributed by atoms with Gasteiger partial charge in [0.1, 0.15) is 0 Å². The fourth-order valence-electron chi connectivity index (χ4n) is 8.40. The highest BCUT2D eigenvalue weighted by atomic mass is 28.4. The average Bonchev–Trinajstić information content (AvgIpc) is 2.89. The van der Waals surface area contributed by atoms with E-state index in [1.165, 1.54) is 57.8 Å². The molecule has 0 saturated heterocycles. The van der Waals surface area contributed by atoms with Gasteiger partial charge in [0.05, 0.1) is 6.10 Å². The van der Waals surface area contributed by atoms with Gasteiger partial charge in [-0.15, -0.1) is 0 Å². The fraction of sp³-hybridized carbons (Fsp3) is 1.00. The first-order valence-electron chi connectivity index (χ1n) is 12.7. The van der Waals surface area contributed by atoms with Crippen LogP contribution < -0.4 is 0 Å². The van der Waals surface area contributed by atoms with Gasteiger partial charge in [0, 0.05) is 6.10 Å². The lowest BCUT2D eigenvalue weighted by Crippen LogP contribution is -2.55. The van der Waals surface area contributed by atoms with Crippen LogP contribution in [0.1, 0.15) is 71.6 Å². The van der Waals surface area contributed by atoms with Crippen LogP contribution in [0.15, 0.2) is 0 Å². The van der Waals surface area contributed by atoms with Gasteiger partial charge < -0.3 is 8.85 Å². The van der Waals surface area contributed by atoms with Crippen molar-refractivity contribution in [2.45, 2.75) is 123 Å². The van der Waals surface area contributed by atoms with Crippen LogP contribution in [0.25, 0.3) is 0 Å². The monoisotopic (exact) mass is 436 g/mol. The molecule has 8 atom stereocenters. The number of hydrogen-bond donors (Lipinski definition) is 0. The second kappa shape index (κ2) is 7.45. The molecule has 168 valence electrons. The molecule has 4 rings (SSSR count). The van der Waals surface area contributed by atoms with Crippen molar-refractivity contribution in [2.24, 2.45) is 34.5 Å². The Hall–Kier alpha value is 0.354. The summed E-state index contributed by atoms with van der Waals surface area (Å²) in [4.78, 5) is 0. The molecule has 0 aromatic carbocycles. The topological polar surface area (TPSA) is 18.5 Å². The van der Waals surface area contributed by atoms with Crippen molar-refractivity contribution < 1.29 is 8.85 Å². The molecule has 4 aliphatic rings. The minimum Gasteiger partial charge on any atom is -0.415 e. The third-order valence-electron chi connectivity index (χ3n) is 9.55. The molecule has 4 saturated carbocycles. The van der Waals surface area contributed by atoms with Crippen LogP contribution in [0.2, 0.25) is 39.3 Å². The summed E-state index contributed by atoms with van der Waals surface area (Å²) in [6, 6.07) is 0. The van der Waals surface area contributed by atoms with Gasteiger partial charge in [0.25, 0.3) is 0 Å². The van der Waals surface area contributed by atoms with Crippen LogP contribution in [0, 0.1) is 34.5 Å². The Labute approximate surface area is 183 Å². The van der Waals surface area contributed by atoms with Crippen molar-refractivity contribution in [3.8, 4) is 0 Å². The van der Waals surface area contributed by atoms with Gasteiger partial charge in [-0.3, -0.25) is 0 Å². The van der Waals surface area contributed by atoms with Crippen LogP contribution in [-0.2, 0) is 8.85 Å². The lowest BCUT2D eigenvalue weighted by molar-refractivity contribution is -0.130. The zero-order valence-electron chi connectivity index (χ0n) is 20.6. The Morgan fingerprint density at radius 3 is 1.93 bits per heavy atom. The van der Waals surface area contributed by atoms with Gasteiger partial charge in [-0.1, -0.05) is 13.8 Å². The average molecular weight is 437 g/mol. The van der Waals surface area contributed by atoms with Gasteiger partial charge in [-0.2, -0.15) is 0 Å². The van der Waals surface area contributed by atoms with Crippen LogP contribution in [0.3, 0.4) is 0 Å². The predicted molar refractivity (Wildman–Crippen MR) is 128 cm³/mol. The smallest absolute Gasteiger partial charge is 0.184 e. The van der Waals surface area contributed by atoms with E-state index in [1.54, 1.807) is 0 Å². The molecule has 4 fully saturated rings. The molecule has 0 N–H and O–H groups in total. The third-order valence-corrected chi connectivity index (χ3v) is 11.6. The van der Waals surface area contributed by atoms with E-state index in [0.29, 0.717) is 23.0 Å². The van der Waals surface area contributed by atoms with E-state index in [0.717, 1.165) is 23.7 Å². The fourth-order valence-corrected chi connectivity index (χ4v) is 10.9. The zero-order valence-corrected chi connectivity index (χ0v) is 22.6. The highest BCUT2D eigenvalue weighted by Gasteiger charge is 2.60. The van der Waals surface area contributed by atoms with E-state index in [-0.39, 0.29) is 0 Å². The maximum Gasteiger partial charge on any atom is 0.184 e. The van der Waals surface area contributed by atoms with E-state index < -0.39 is 16.6 Å². The SMILES string of the molecule is C[C@]12CC[C@H](O[Si](C)(C)C)C[C@H]1CC[C@@H]1[C@@H]2CC[C@]2(C)[C@@H](O[Si](C)(C)C)CC[C@@H]12. The molecule has 0 spiro atoms. The van der Waals surface area contributed by atoms with E-state index in [4.69, 9.17) is 8.85 Å². The van der Waals surface area contributed by atoms with Crippen molar-refractivity contribution in [3.63, 3.8) is 0 Å². The molecule has 0 bridgehead atoms. The predicted octanol–water partition coefficient (Wildman–Crippen LogP) is 7.47. The van der Waals surface area contributed by atoms with E-state index >= 15 is 0 Å². The first kappa shape index (κ1) is 22.5. The van der Waals surface area contributed by atoms with Gasteiger partial charge in [0.15, 0.2) is 16.6 Å². The second-order valence-corrected chi connectivity index (χ2v) is 22.5. The van der Waals surface area contributed by atoms with Gasteiger partial charge in [-0.25, -0.2) is 0 Å². The molecule has 2 nitrogen and oxygen atoms in total. The molecule has 0 aromatic heterocycles. The lowest BCUT2D eigenvalue weighted by Gasteiger charge is -2.61. The van der Waals surface area contributed by atoms with Crippen LogP contribution in [0.4, 0.5) is 0 Å². The molecule has 0 radical (unpaired) electrons. The van der Waals surface area contributed by atoms with Crippen molar-refractivity contribution in [1.29, 1.82) is 0 Å². The second-order valence-electron chi connectivity index (χ2n) is 13.6. The first-order chi connectivity index (χ1) is 13.3. The molecule has 0 unspecified atom stereocenters. The molecule has 4 heteroatoms. The maximum atomic E-state index is 6.77. The summed E-state index contributed by atoms with van der Waals surface area (Å²) in [5, 5.41) is 0. The number of rotatable bonds is 4. The zero-order chi connectivity index (χ0) is 21.2. The summed E-state index contributed by atoms with van der Waals surface area (Å²) in [7, 11) is -2.90. The Bertz CT molecular complexity index is 609. The molecular weight excluding hydrogens is 388 g/mol. The minimum absolute atomic E-state index is 0.447. The Balaban J connectivity index is 1.49. The van der Waals surface area contributed by atoms with Crippen molar-refractivity contribution >= 4 is 16.6 Å². The van der Waals surface area contributed by atoms with Gasteiger partial charge in [-0.05, 0) is 132 Å². The molecular formula is C25H48O2Si2. The van der Waals surface area contributed by atoms with E-state index in [1.807, 2.05) is 0 Å².